The number of piperidine rings is 1. The summed E-state index contributed by atoms with van der Waals surface area (Å²) < 4.78 is 26.3. The Bertz CT molecular complexity index is 594. The smallest absolute Gasteiger partial charge is 0.244 e. The van der Waals surface area contributed by atoms with Crippen LogP contribution in [0.15, 0.2) is 17.2 Å². The van der Waals surface area contributed by atoms with Gasteiger partial charge in [-0.3, -0.25) is 0 Å². The van der Waals surface area contributed by atoms with Crippen LogP contribution >= 0.6 is 11.6 Å². The maximum Gasteiger partial charge on any atom is 0.244 e. The second-order valence-corrected chi connectivity index (χ2v) is 7.29. The van der Waals surface area contributed by atoms with E-state index in [-0.39, 0.29) is 22.4 Å². The van der Waals surface area contributed by atoms with E-state index in [1.807, 2.05) is 6.92 Å². The quantitative estimate of drug-likeness (QED) is 0.874. The summed E-state index contributed by atoms with van der Waals surface area (Å²) >= 11 is 5.97. The Balaban J connectivity index is 2.29. The number of aliphatic hydroxyl groups excluding tert-OH is 1. The SMILES string of the molecule is CNc1ncc(S(=O)(=O)N2CCC(C)C(O)C2)cc1Cl. The van der Waals surface area contributed by atoms with E-state index >= 15 is 0 Å². The first-order chi connectivity index (χ1) is 9.36. The molecule has 2 heterocycles. The Morgan fingerprint density at radius 3 is 2.80 bits per heavy atom. The van der Waals surface area contributed by atoms with Gasteiger partial charge in [-0.15, -0.1) is 0 Å². The average Bonchev–Trinajstić information content (AvgIpc) is 2.41. The molecule has 1 fully saturated rings. The summed E-state index contributed by atoms with van der Waals surface area (Å²) in [4.78, 5) is 4.03. The molecule has 0 saturated carbocycles. The van der Waals surface area contributed by atoms with Crippen molar-refractivity contribution in [2.24, 2.45) is 5.92 Å². The number of nitrogens with one attached hydrogen (secondary N) is 1. The first-order valence-corrected chi connectivity index (χ1v) is 8.19. The number of rotatable bonds is 3. The summed E-state index contributed by atoms with van der Waals surface area (Å²) in [6.07, 6.45) is 1.27. The molecule has 8 heteroatoms. The molecule has 0 aliphatic carbocycles. The van der Waals surface area contributed by atoms with Gasteiger partial charge in [0.15, 0.2) is 0 Å². The number of sulfonamides is 1. The van der Waals surface area contributed by atoms with E-state index in [0.717, 1.165) is 0 Å². The first-order valence-electron chi connectivity index (χ1n) is 6.37. The zero-order valence-electron chi connectivity index (χ0n) is 11.4. The molecule has 6 nitrogen and oxygen atoms in total. The highest BCUT2D eigenvalue weighted by atomic mass is 35.5. The van der Waals surface area contributed by atoms with Crippen molar-refractivity contribution in [3.63, 3.8) is 0 Å². The van der Waals surface area contributed by atoms with E-state index in [1.165, 1.54) is 16.6 Å². The molecule has 2 N–H and O–H groups in total. The van der Waals surface area contributed by atoms with Crippen LogP contribution in [-0.4, -0.2) is 49.1 Å². The Kier molecular flexibility index (Phi) is 4.53. The number of anilines is 1. The minimum Gasteiger partial charge on any atom is -0.391 e. The normalized spacial score (nSPS) is 24.6. The maximum absolute atomic E-state index is 12.5. The van der Waals surface area contributed by atoms with Crippen LogP contribution in [0.4, 0.5) is 5.82 Å². The van der Waals surface area contributed by atoms with E-state index < -0.39 is 16.1 Å². The molecule has 1 saturated heterocycles. The van der Waals surface area contributed by atoms with Crippen molar-refractivity contribution in [3.8, 4) is 0 Å². The van der Waals surface area contributed by atoms with E-state index in [9.17, 15) is 13.5 Å². The Labute approximate surface area is 123 Å². The van der Waals surface area contributed by atoms with E-state index in [0.29, 0.717) is 18.8 Å². The number of halogens is 1. The lowest BCUT2D eigenvalue weighted by atomic mass is 9.98. The fourth-order valence-corrected chi connectivity index (χ4v) is 3.90. The fourth-order valence-electron chi connectivity index (χ4n) is 2.13. The largest absolute Gasteiger partial charge is 0.391 e. The fraction of sp³-hybridized carbons (Fsp3) is 0.583. The molecule has 0 aromatic carbocycles. The van der Waals surface area contributed by atoms with Gasteiger partial charge in [0, 0.05) is 26.3 Å². The molecule has 20 heavy (non-hydrogen) atoms. The highest BCUT2D eigenvalue weighted by Crippen LogP contribution is 2.27. The average molecular weight is 320 g/mol. The molecule has 0 amide bonds. The van der Waals surface area contributed by atoms with Crippen LogP contribution in [0.2, 0.25) is 5.02 Å². The first kappa shape index (κ1) is 15.5. The maximum atomic E-state index is 12.5. The van der Waals surface area contributed by atoms with Gasteiger partial charge in [0.2, 0.25) is 10.0 Å². The van der Waals surface area contributed by atoms with Crippen molar-refractivity contribution < 1.29 is 13.5 Å². The monoisotopic (exact) mass is 319 g/mol. The molecule has 1 aliphatic rings. The number of β-amino-alcohol motifs (C(OH)–C–C–N with tert-alkyl or cyclic N) is 1. The summed E-state index contributed by atoms with van der Waals surface area (Å²) in [7, 11) is -2.01. The minimum absolute atomic E-state index is 0.0447. The van der Waals surface area contributed by atoms with E-state index in [2.05, 4.69) is 10.3 Å². The molecule has 112 valence electrons. The molecule has 2 atom stereocenters. The van der Waals surface area contributed by atoms with Crippen LogP contribution in [0.3, 0.4) is 0 Å². The van der Waals surface area contributed by atoms with Gasteiger partial charge in [-0.2, -0.15) is 4.31 Å². The third-order valence-electron chi connectivity index (χ3n) is 3.57. The van der Waals surface area contributed by atoms with Gasteiger partial charge in [0.25, 0.3) is 0 Å². The van der Waals surface area contributed by atoms with Crippen LogP contribution in [0, 0.1) is 5.92 Å². The summed E-state index contributed by atoms with van der Waals surface area (Å²) in [5, 5.41) is 12.9. The van der Waals surface area contributed by atoms with Crippen molar-refractivity contribution in [2.45, 2.75) is 24.3 Å². The number of hydrogen-bond donors (Lipinski definition) is 2. The lowest BCUT2D eigenvalue weighted by Crippen LogP contribution is -2.45. The lowest BCUT2D eigenvalue weighted by Gasteiger charge is -2.33. The summed E-state index contributed by atoms with van der Waals surface area (Å²) in [5.74, 6) is 0.535. The van der Waals surface area contributed by atoms with Crippen molar-refractivity contribution in [1.82, 2.24) is 9.29 Å². The predicted octanol–water partition coefficient (Wildman–Crippen LogP) is 1.17. The Hall–Kier alpha value is -0.890. The number of aliphatic hydroxyl groups is 1. The van der Waals surface area contributed by atoms with Gasteiger partial charge in [-0.25, -0.2) is 13.4 Å². The van der Waals surface area contributed by atoms with Gasteiger partial charge in [-0.1, -0.05) is 18.5 Å². The molecule has 1 aromatic heterocycles. The zero-order valence-corrected chi connectivity index (χ0v) is 12.9. The molecule has 2 unspecified atom stereocenters. The minimum atomic E-state index is -3.67. The van der Waals surface area contributed by atoms with Crippen LogP contribution < -0.4 is 5.32 Å². The summed E-state index contributed by atoms with van der Waals surface area (Å²) in [6.45, 7) is 2.41. The number of aromatic nitrogens is 1. The lowest BCUT2D eigenvalue weighted by molar-refractivity contribution is 0.0605. The van der Waals surface area contributed by atoms with Gasteiger partial charge in [0.05, 0.1) is 11.1 Å². The van der Waals surface area contributed by atoms with Crippen LogP contribution in [0.1, 0.15) is 13.3 Å². The van der Waals surface area contributed by atoms with Crippen LogP contribution in [-0.2, 0) is 10.0 Å². The van der Waals surface area contributed by atoms with Gasteiger partial charge >= 0.3 is 0 Å². The Morgan fingerprint density at radius 2 is 2.25 bits per heavy atom. The molecule has 1 aliphatic heterocycles. The van der Waals surface area contributed by atoms with E-state index in [4.69, 9.17) is 11.6 Å². The highest BCUT2D eigenvalue weighted by molar-refractivity contribution is 7.89. The molecule has 2 rings (SSSR count). The third-order valence-corrected chi connectivity index (χ3v) is 5.69. The van der Waals surface area contributed by atoms with Crippen molar-refractivity contribution in [3.05, 3.63) is 17.3 Å². The second-order valence-electron chi connectivity index (χ2n) is 4.95. The molecule has 0 radical (unpaired) electrons. The molecular weight excluding hydrogens is 302 g/mol. The molecule has 0 spiro atoms. The van der Waals surface area contributed by atoms with Gasteiger partial charge in [0.1, 0.15) is 10.7 Å². The molecular formula is C12H18ClN3O3S. The van der Waals surface area contributed by atoms with Gasteiger partial charge in [-0.05, 0) is 18.4 Å². The molecule has 1 aromatic rings. The third kappa shape index (κ3) is 2.90. The van der Waals surface area contributed by atoms with Crippen molar-refractivity contribution >= 4 is 27.4 Å². The van der Waals surface area contributed by atoms with Gasteiger partial charge < -0.3 is 10.4 Å². The summed E-state index contributed by atoms with van der Waals surface area (Å²) in [5.41, 5.74) is 0. The highest BCUT2D eigenvalue weighted by Gasteiger charge is 2.33. The van der Waals surface area contributed by atoms with Crippen molar-refractivity contribution in [2.75, 3.05) is 25.5 Å². The standard InChI is InChI=1S/C12H18ClN3O3S/c1-8-3-4-16(7-11(8)17)20(18,19)9-5-10(13)12(14-2)15-6-9/h5-6,8,11,17H,3-4,7H2,1-2H3,(H,14,15). The second kappa shape index (κ2) is 5.85. The zero-order chi connectivity index (χ0) is 14.9. The Morgan fingerprint density at radius 1 is 1.55 bits per heavy atom. The number of pyridine rings is 1. The van der Waals surface area contributed by atoms with Crippen molar-refractivity contribution in [1.29, 1.82) is 0 Å². The predicted molar refractivity (Wildman–Crippen MR) is 77.3 cm³/mol. The van der Waals surface area contributed by atoms with Crippen LogP contribution in [0.25, 0.3) is 0 Å². The topological polar surface area (TPSA) is 82.5 Å². The molecule has 0 bridgehead atoms. The van der Waals surface area contributed by atoms with Crippen LogP contribution in [0.5, 0.6) is 0 Å². The number of hydrogen-bond acceptors (Lipinski definition) is 5. The number of nitrogens with zero attached hydrogens (tertiary/aromatic N) is 2. The summed E-state index contributed by atoms with van der Waals surface area (Å²) in [6, 6.07) is 1.38. The van der Waals surface area contributed by atoms with E-state index in [1.54, 1.807) is 7.05 Å².